The zero-order valence-electron chi connectivity index (χ0n) is 24.2. The molecular weight excluding hydrogens is 594 g/mol. The van der Waals surface area contributed by atoms with Gasteiger partial charge in [0, 0.05) is 53.4 Å². The predicted octanol–water partition coefficient (Wildman–Crippen LogP) is 6.86. The lowest BCUT2D eigenvalue weighted by atomic mass is 9.99. The molecule has 1 aliphatic rings. The third kappa shape index (κ3) is 6.66. The second kappa shape index (κ2) is 13.4. The SMILES string of the molecule is CCOc1ccc(Cl)cc1-n1c(CC(C)C)c(C(=O)N2CCNCC2)cc(-c2nc(-c3ccc(C(F)F)cc3)cs2)c1=O. The van der Waals surface area contributed by atoms with E-state index < -0.39 is 6.43 Å². The van der Waals surface area contributed by atoms with Crippen LogP contribution in [0.5, 0.6) is 5.75 Å². The summed E-state index contributed by atoms with van der Waals surface area (Å²) >= 11 is 7.70. The molecule has 1 saturated heterocycles. The number of nitrogens with zero attached hydrogens (tertiary/aromatic N) is 3. The van der Waals surface area contributed by atoms with Gasteiger partial charge < -0.3 is 15.0 Å². The van der Waals surface area contributed by atoms with Crippen molar-refractivity contribution in [1.29, 1.82) is 0 Å². The van der Waals surface area contributed by atoms with Gasteiger partial charge in [0.25, 0.3) is 17.9 Å². The van der Waals surface area contributed by atoms with E-state index in [2.05, 4.69) is 5.32 Å². The summed E-state index contributed by atoms with van der Waals surface area (Å²) in [5, 5.41) is 5.89. The molecule has 1 amide bonds. The number of amides is 1. The Balaban J connectivity index is 1.74. The molecule has 1 fully saturated rings. The van der Waals surface area contributed by atoms with Gasteiger partial charge in [0.2, 0.25) is 0 Å². The number of aromatic nitrogens is 2. The number of thiazole rings is 1. The quantitative estimate of drug-likeness (QED) is 0.220. The molecule has 0 atom stereocenters. The van der Waals surface area contributed by atoms with Gasteiger partial charge in [-0.15, -0.1) is 11.3 Å². The van der Waals surface area contributed by atoms with Gasteiger partial charge in [-0.05, 0) is 43.5 Å². The van der Waals surface area contributed by atoms with Gasteiger partial charge in [-0.25, -0.2) is 13.8 Å². The van der Waals surface area contributed by atoms with E-state index in [0.717, 1.165) is 0 Å². The number of carbonyl (C=O) groups is 1. The Morgan fingerprint density at radius 1 is 1.12 bits per heavy atom. The Morgan fingerprint density at radius 3 is 2.49 bits per heavy atom. The van der Waals surface area contributed by atoms with Crippen LogP contribution in [0.1, 0.15) is 48.8 Å². The third-order valence-corrected chi connectivity index (χ3v) is 8.30. The number of halogens is 3. The summed E-state index contributed by atoms with van der Waals surface area (Å²) in [6.45, 7) is 8.76. The largest absolute Gasteiger partial charge is 0.492 e. The molecule has 3 heterocycles. The van der Waals surface area contributed by atoms with E-state index in [4.69, 9.17) is 21.3 Å². The maximum Gasteiger partial charge on any atom is 0.265 e. The Hall–Kier alpha value is -3.60. The summed E-state index contributed by atoms with van der Waals surface area (Å²) in [5.74, 6) is 0.436. The lowest BCUT2D eigenvalue weighted by Gasteiger charge is -2.29. The first-order chi connectivity index (χ1) is 20.7. The molecule has 0 aliphatic carbocycles. The lowest BCUT2D eigenvalue weighted by Crippen LogP contribution is -2.47. The van der Waals surface area contributed by atoms with Crippen LogP contribution in [0.2, 0.25) is 5.02 Å². The Morgan fingerprint density at radius 2 is 1.84 bits per heavy atom. The number of ether oxygens (including phenoxy) is 1. The molecule has 1 aliphatic heterocycles. The standard InChI is InChI=1S/C32H33ClF2N4O3S/c1-4-42-28-10-9-22(33)16-27(28)39-26(15-19(2)3)23(31(40)38-13-11-36-12-14-38)17-24(32(39)41)30-37-25(18-43-30)20-5-7-21(8-6-20)29(34)35/h5-10,16-19,29,36H,4,11-15H2,1-3H3. The number of nitrogens with one attached hydrogen (secondary N) is 1. The number of rotatable bonds is 9. The molecule has 1 N–H and O–H groups in total. The van der Waals surface area contributed by atoms with E-state index in [1.165, 1.54) is 23.5 Å². The van der Waals surface area contributed by atoms with Crippen LogP contribution in [0.3, 0.4) is 0 Å². The van der Waals surface area contributed by atoms with E-state index in [1.54, 1.807) is 51.2 Å². The van der Waals surface area contributed by atoms with E-state index >= 15 is 0 Å². The Labute approximate surface area is 258 Å². The highest BCUT2D eigenvalue weighted by molar-refractivity contribution is 7.13. The zero-order chi connectivity index (χ0) is 30.7. The van der Waals surface area contributed by atoms with Crippen LogP contribution in [0.4, 0.5) is 8.78 Å². The number of pyridine rings is 1. The first-order valence-electron chi connectivity index (χ1n) is 14.2. The molecule has 11 heteroatoms. The first-order valence-corrected chi connectivity index (χ1v) is 15.5. The summed E-state index contributed by atoms with van der Waals surface area (Å²) in [6, 6.07) is 12.7. The minimum absolute atomic E-state index is 0.0782. The second-order valence-corrected chi connectivity index (χ2v) is 12.0. The first kappa shape index (κ1) is 30.8. The van der Waals surface area contributed by atoms with E-state index in [1.807, 2.05) is 20.8 Å². The molecule has 2 aromatic carbocycles. The average molecular weight is 627 g/mol. The van der Waals surface area contributed by atoms with Crippen molar-refractivity contribution in [3.8, 4) is 33.3 Å². The summed E-state index contributed by atoms with van der Waals surface area (Å²) < 4.78 is 33.7. The van der Waals surface area contributed by atoms with E-state index in [-0.39, 0.29) is 28.5 Å². The fourth-order valence-electron chi connectivity index (χ4n) is 5.14. The lowest BCUT2D eigenvalue weighted by molar-refractivity contribution is 0.0733. The van der Waals surface area contributed by atoms with Crippen molar-refractivity contribution in [1.82, 2.24) is 19.8 Å². The van der Waals surface area contributed by atoms with Gasteiger partial charge in [-0.1, -0.05) is 49.7 Å². The molecular formula is C32H33ClF2N4O3S. The van der Waals surface area contributed by atoms with Crippen LogP contribution >= 0.6 is 22.9 Å². The zero-order valence-corrected chi connectivity index (χ0v) is 25.8. The van der Waals surface area contributed by atoms with Crippen LogP contribution in [0, 0.1) is 5.92 Å². The summed E-state index contributed by atoms with van der Waals surface area (Å²) in [6.07, 6.45) is -2.11. The van der Waals surface area contributed by atoms with Gasteiger partial charge in [0.05, 0.1) is 29.1 Å². The van der Waals surface area contributed by atoms with Gasteiger partial charge in [0.15, 0.2) is 0 Å². The van der Waals surface area contributed by atoms with Gasteiger partial charge in [-0.3, -0.25) is 14.2 Å². The monoisotopic (exact) mass is 626 g/mol. The van der Waals surface area contributed by atoms with Crippen LogP contribution in [0.15, 0.2) is 58.7 Å². The van der Waals surface area contributed by atoms with Crippen molar-refractivity contribution in [3.05, 3.63) is 86.1 Å². The maximum atomic E-state index is 14.5. The summed E-state index contributed by atoms with van der Waals surface area (Å²) in [5.41, 5.74) is 2.47. The van der Waals surface area contributed by atoms with E-state index in [0.29, 0.717) is 83.2 Å². The van der Waals surface area contributed by atoms with Gasteiger partial charge in [0.1, 0.15) is 10.8 Å². The molecule has 0 radical (unpaired) electrons. The van der Waals surface area contributed by atoms with Crippen molar-refractivity contribution in [2.75, 3.05) is 32.8 Å². The number of hydrogen-bond donors (Lipinski definition) is 1. The highest BCUT2D eigenvalue weighted by Gasteiger charge is 2.28. The Kier molecular flexibility index (Phi) is 9.59. The molecule has 0 unspecified atom stereocenters. The summed E-state index contributed by atoms with van der Waals surface area (Å²) in [7, 11) is 0. The highest BCUT2D eigenvalue weighted by atomic mass is 35.5. The van der Waals surface area contributed by atoms with Crippen molar-refractivity contribution in [2.45, 2.75) is 33.6 Å². The average Bonchev–Trinajstić information content (AvgIpc) is 3.48. The molecule has 7 nitrogen and oxygen atoms in total. The molecule has 0 spiro atoms. The maximum absolute atomic E-state index is 14.5. The van der Waals surface area contributed by atoms with Crippen molar-refractivity contribution in [2.24, 2.45) is 5.92 Å². The fourth-order valence-corrected chi connectivity index (χ4v) is 6.15. The minimum atomic E-state index is -2.57. The Bertz CT molecular complexity index is 1660. The smallest absolute Gasteiger partial charge is 0.265 e. The van der Waals surface area contributed by atoms with Crippen LogP contribution < -0.4 is 15.6 Å². The number of alkyl halides is 2. The molecule has 226 valence electrons. The van der Waals surface area contributed by atoms with Crippen LogP contribution in [-0.4, -0.2) is 53.1 Å². The molecule has 2 aromatic heterocycles. The second-order valence-electron chi connectivity index (χ2n) is 10.7. The third-order valence-electron chi connectivity index (χ3n) is 7.19. The van der Waals surface area contributed by atoms with Crippen LogP contribution in [-0.2, 0) is 6.42 Å². The number of benzene rings is 2. The molecule has 43 heavy (non-hydrogen) atoms. The topological polar surface area (TPSA) is 76.5 Å². The number of carbonyl (C=O) groups excluding carboxylic acids is 1. The normalized spacial score (nSPS) is 13.6. The van der Waals surface area contributed by atoms with Gasteiger partial charge >= 0.3 is 0 Å². The van der Waals surface area contributed by atoms with Gasteiger partial charge in [-0.2, -0.15) is 0 Å². The molecule has 0 bridgehead atoms. The van der Waals surface area contributed by atoms with Crippen molar-refractivity contribution >= 4 is 28.8 Å². The number of piperazine rings is 1. The molecule has 4 aromatic rings. The summed E-state index contributed by atoms with van der Waals surface area (Å²) in [4.78, 5) is 35.1. The minimum Gasteiger partial charge on any atom is -0.492 e. The highest BCUT2D eigenvalue weighted by Crippen LogP contribution is 2.33. The number of hydrogen-bond acceptors (Lipinski definition) is 6. The molecule has 5 rings (SSSR count). The van der Waals surface area contributed by atoms with Crippen molar-refractivity contribution in [3.63, 3.8) is 0 Å². The fraction of sp³-hybridized carbons (Fsp3) is 0.344. The van der Waals surface area contributed by atoms with E-state index in [9.17, 15) is 18.4 Å². The van der Waals surface area contributed by atoms with Crippen LogP contribution in [0.25, 0.3) is 27.5 Å². The molecule has 0 saturated carbocycles. The van der Waals surface area contributed by atoms with Crippen molar-refractivity contribution < 1.29 is 18.3 Å². The predicted molar refractivity (Wildman–Crippen MR) is 167 cm³/mol.